The van der Waals surface area contributed by atoms with E-state index < -0.39 is 0 Å². The predicted molar refractivity (Wildman–Crippen MR) is 164 cm³/mol. The van der Waals surface area contributed by atoms with Gasteiger partial charge in [0.1, 0.15) is 0 Å². The van der Waals surface area contributed by atoms with Gasteiger partial charge in [-0.25, -0.2) is 0 Å². The lowest BCUT2D eigenvalue weighted by Crippen LogP contribution is -3.00. The molecule has 40 heavy (non-hydrogen) atoms. The van der Waals surface area contributed by atoms with Crippen LogP contribution in [0, 0.1) is 0 Å². The molecule has 0 atom stereocenters. The van der Waals surface area contributed by atoms with Crippen LogP contribution in [0.2, 0.25) is 0 Å². The first kappa shape index (κ1) is 44.3. The monoisotopic (exact) mass is 698 g/mol. The standard InChI is InChI=1S/C32H66N4O2.2BrH/c1-7-9-11-13-15-17-19-21-25-33-31(37)29-35(3,4)27-23-24-28-36(5,6)30-32(38)34-26-22-20-18-16-14-12-10-8-2;;/h7-30H2,1-6H3;2*1H. The minimum Gasteiger partial charge on any atom is -1.00 e. The van der Waals surface area contributed by atoms with Crippen molar-refractivity contribution in [3.8, 4) is 0 Å². The number of hydrogen-bond donors (Lipinski definition) is 2. The van der Waals surface area contributed by atoms with Gasteiger partial charge in [-0.15, -0.1) is 0 Å². The molecular formula is C32H68Br2N4O2. The minimum atomic E-state index is 0. The van der Waals surface area contributed by atoms with Crippen LogP contribution in [-0.4, -0.2) is 88.2 Å². The van der Waals surface area contributed by atoms with E-state index in [9.17, 15) is 9.59 Å². The Bertz CT molecular complexity index is 539. The maximum Gasteiger partial charge on any atom is 0.275 e. The van der Waals surface area contributed by atoms with Gasteiger partial charge < -0.3 is 53.6 Å². The molecular weight excluding hydrogens is 632 g/mol. The molecule has 0 aromatic carbocycles. The highest BCUT2D eigenvalue weighted by atomic mass is 79.9. The molecule has 0 fully saturated rings. The Hall–Kier alpha value is -0.180. The minimum absolute atomic E-state index is 0. The zero-order valence-electron chi connectivity index (χ0n) is 27.4. The van der Waals surface area contributed by atoms with Crippen LogP contribution in [0.3, 0.4) is 0 Å². The summed E-state index contributed by atoms with van der Waals surface area (Å²) in [5.41, 5.74) is 0. The first-order valence-electron chi connectivity index (χ1n) is 16.3. The van der Waals surface area contributed by atoms with E-state index in [0.717, 1.165) is 60.8 Å². The molecule has 0 aliphatic rings. The summed E-state index contributed by atoms with van der Waals surface area (Å²) in [6.07, 6.45) is 22.8. The van der Waals surface area contributed by atoms with Crippen LogP contribution in [0.4, 0.5) is 0 Å². The van der Waals surface area contributed by atoms with Crippen LogP contribution < -0.4 is 44.6 Å². The van der Waals surface area contributed by atoms with Crippen molar-refractivity contribution in [2.24, 2.45) is 0 Å². The van der Waals surface area contributed by atoms with E-state index >= 15 is 0 Å². The van der Waals surface area contributed by atoms with E-state index in [1.807, 2.05) is 0 Å². The molecule has 0 aromatic rings. The van der Waals surface area contributed by atoms with Gasteiger partial charge >= 0.3 is 0 Å². The second-order valence-electron chi connectivity index (χ2n) is 13.0. The fourth-order valence-corrected chi connectivity index (χ4v) is 5.10. The Morgan fingerprint density at radius 1 is 0.450 bits per heavy atom. The highest BCUT2D eigenvalue weighted by Crippen LogP contribution is 2.10. The number of halogens is 2. The van der Waals surface area contributed by atoms with E-state index in [2.05, 4.69) is 52.7 Å². The highest BCUT2D eigenvalue weighted by Gasteiger charge is 2.22. The number of hydrogen-bond acceptors (Lipinski definition) is 2. The number of carbonyl (C=O) groups is 2. The molecule has 0 saturated heterocycles. The third kappa shape index (κ3) is 30.8. The normalized spacial score (nSPS) is 11.4. The van der Waals surface area contributed by atoms with Crippen molar-refractivity contribution in [3.63, 3.8) is 0 Å². The average Bonchev–Trinajstić information content (AvgIpc) is 2.84. The fraction of sp³-hybridized carbons (Fsp3) is 0.938. The van der Waals surface area contributed by atoms with Crippen LogP contribution in [0.1, 0.15) is 129 Å². The predicted octanol–water partition coefficient (Wildman–Crippen LogP) is 0.441. The molecule has 0 rings (SSSR count). The lowest BCUT2D eigenvalue weighted by molar-refractivity contribution is -0.889. The summed E-state index contributed by atoms with van der Waals surface area (Å²) in [4.78, 5) is 24.8. The van der Waals surface area contributed by atoms with Gasteiger partial charge in [0, 0.05) is 25.9 Å². The van der Waals surface area contributed by atoms with Crippen molar-refractivity contribution >= 4 is 11.8 Å². The fourth-order valence-electron chi connectivity index (χ4n) is 5.10. The van der Waals surface area contributed by atoms with Crippen LogP contribution in [0.15, 0.2) is 0 Å². The van der Waals surface area contributed by atoms with E-state index in [1.54, 1.807) is 0 Å². The number of carbonyl (C=O) groups excluding carboxylic acids is 2. The average molecular weight is 701 g/mol. The van der Waals surface area contributed by atoms with Crippen molar-refractivity contribution in [2.45, 2.75) is 129 Å². The summed E-state index contributed by atoms with van der Waals surface area (Å²) >= 11 is 0. The molecule has 8 heteroatoms. The second-order valence-corrected chi connectivity index (χ2v) is 13.0. The van der Waals surface area contributed by atoms with Crippen molar-refractivity contribution < 1.29 is 52.5 Å². The Morgan fingerprint density at radius 3 is 1.02 bits per heavy atom. The topological polar surface area (TPSA) is 58.2 Å². The lowest BCUT2D eigenvalue weighted by Gasteiger charge is -2.31. The van der Waals surface area contributed by atoms with Crippen LogP contribution in [0.5, 0.6) is 0 Å². The smallest absolute Gasteiger partial charge is 0.275 e. The number of nitrogens with one attached hydrogen (secondary N) is 2. The summed E-state index contributed by atoms with van der Waals surface area (Å²) in [6, 6.07) is 0. The summed E-state index contributed by atoms with van der Waals surface area (Å²) in [5, 5.41) is 6.24. The third-order valence-corrected chi connectivity index (χ3v) is 7.63. The van der Waals surface area contributed by atoms with Crippen molar-refractivity contribution in [3.05, 3.63) is 0 Å². The zero-order chi connectivity index (χ0) is 28.5. The van der Waals surface area contributed by atoms with E-state index in [1.165, 1.54) is 89.9 Å². The maximum absolute atomic E-state index is 12.4. The van der Waals surface area contributed by atoms with Gasteiger partial charge in [0.2, 0.25) is 0 Å². The van der Waals surface area contributed by atoms with Crippen molar-refractivity contribution in [2.75, 3.05) is 67.5 Å². The van der Waals surface area contributed by atoms with E-state index in [0.29, 0.717) is 13.1 Å². The van der Waals surface area contributed by atoms with Gasteiger partial charge in [0.25, 0.3) is 11.8 Å². The zero-order valence-corrected chi connectivity index (χ0v) is 30.6. The molecule has 242 valence electrons. The summed E-state index contributed by atoms with van der Waals surface area (Å²) < 4.78 is 1.44. The molecule has 0 saturated carbocycles. The van der Waals surface area contributed by atoms with Crippen molar-refractivity contribution in [1.82, 2.24) is 10.6 Å². The number of quaternary nitrogens is 2. The molecule has 0 heterocycles. The molecule has 0 radical (unpaired) electrons. The summed E-state index contributed by atoms with van der Waals surface area (Å²) in [6.45, 7) is 9.16. The van der Waals surface area contributed by atoms with Gasteiger partial charge in [0.15, 0.2) is 13.1 Å². The number of amides is 2. The molecule has 0 aliphatic carbocycles. The molecule has 0 aromatic heterocycles. The SMILES string of the molecule is CCCCCCCCCCNC(=O)C[N+](C)(C)CCCC[N+](C)(C)CC(=O)NCCCCCCCCCC.[Br-].[Br-]. The molecule has 2 amide bonds. The highest BCUT2D eigenvalue weighted by molar-refractivity contribution is 5.77. The van der Waals surface area contributed by atoms with Gasteiger partial charge in [-0.05, 0) is 12.8 Å². The second kappa shape index (κ2) is 28.9. The van der Waals surface area contributed by atoms with Gasteiger partial charge in [-0.3, -0.25) is 9.59 Å². The molecule has 2 N–H and O–H groups in total. The molecule has 6 nitrogen and oxygen atoms in total. The quantitative estimate of drug-likeness (QED) is 0.0967. The first-order chi connectivity index (χ1) is 18.1. The summed E-state index contributed by atoms with van der Waals surface area (Å²) in [5.74, 6) is 0.337. The first-order valence-corrected chi connectivity index (χ1v) is 16.3. The molecule has 0 bridgehead atoms. The Labute approximate surface area is 270 Å². The molecule has 0 spiro atoms. The van der Waals surface area contributed by atoms with Gasteiger partial charge in [-0.1, -0.05) is 104 Å². The number of likely N-dealkylation sites (N-methyl/N-ethyl adjacent to an activating group) is 2. The van der Waals surface area contributed by atoms with Crippen LogP contribution in [-0.2, 0) is 9.59 Å². The Balaban J connectivity index is -0.00000684. The van der Waals surface area contributed by atoms with Gasteiger partial charge in [-0.2, -0.15) is 0 Å². The number of nitrogens with zero attached hydrogens (tertiary/aromatic N) is 2. The lowest BCUT2D eigenvalue weighted by atomic mass is 10.1. The van der Waals surface area contributed by atoms with E-state index in [4.69, 9.17) is 0 Å². The Morgan fingerprint density at radius 2 is 0.725 bits per heavy atom. The van der Waals surface area contributed by atoms with Crippen LogP contribution in [0.25, 0.3) is 0 Å². The van der Waals surface area contributed by atoms with Crippen LogP contribution >= 0.6 is 0 Å². The largest absolute Gasteiger partial charge is 1.00 e. The summed E-state index contributed by atoms with van der Waals surface area (Å²) in [7, 11) is 8.59. The van der Waals surface area contributed by atoms with E-state index in [-0.39, 0.29) is 45.8 Å². The number of unbranched alkanes of at least 4 members (excludes halogenated alkanes) is 15. The van der Waals surface area contributed by atoms with Gasteiger partial charge in [0.05, 0.1) is 41.3 Å². The third-order valence-electron chi connectivity index (χ3n) is 7.63. The van der Waals surface area contributed by atoms with Crippen molar-refractivity contribution in [1.29, 1.82) is 0 Å². The molecule has 0 unspecified atom stereocenters. The Kier molecular flexibility index (Phi) is 32.0. The maximum atomic E-state index is 12.4. The number of rotatable bonds is 27. The molecule has 0 aliphatic heterocycles.